The van der Waals surface area contributed by atoms with E-state index in [1.165, 1.54) is 11.0 Å². The highest BCUT2D eigenvalue weighted by Crippen LogP contribution is 2.53. The number of phenols is 1. The molecule has 0 spiro atoms. The topological polar surface area (TPSA) is 161 Å². The summed E-state index contributed by atoms with van der Waals surface area (Å²) in [5.41, 5.74) is 3.28. The van der Waals surface area contributed by atoms with Crippen LogP contribution in [-0.4, -0.2) is 68.5 Å². The highest BCUT2D eigenvalue weighted by Gasteiger charge is 2.64. The predicted octanol–water partition coefficient (Wildman–Crippen LogP) is 2.00. The first-order valence-electron chi connectivity index (χ1n) is 11.5. The first-order valence-corrected chi connectivity index (χ1v) is 12.3. The number of amides is 1. The normalized spacial score (nSPS) is 27.8. The van der Waals surface area contributed by atoms with E-state index in [1.54, 1.807) is 31.5 Å². The Bertz CT molecular complexity index is 1420. The largest absolute Gasteiger partial charge is 0.508 e. The number of thiophene rings is 1. The molecule has 1 aromatic carbocycles. The van der Waals surface area contributed by atoms with Gasteiger partial charge in [0.05, 0.1) is 11.6 Å². The van der Waals surface area contributed by atoms with Gasteiger partial charge in [-0.2, -0.15) is 0 Å². The minimum Gasteiger partial charge on any atom is -0.508 e. The number of benzene rings is 1. The fraction of sp³-hybridized carbons (Fsp3) is 0.346. The Balaban J connectivity index is 1.75. The van der Waals surface area contributed by atoms with Crippen molar-refractivity contribution >= 4 is 34.6 Å². The number of nitrogens with two attached hydrogens (primary N) is 1. The summed E-state index contributed by atoms with van der Waals surface area (Å²) in [6, 6.07) is 6.01. The maximum absolute atomic E-state index is 13.8. The molecule has 3 aliphatic carbocycles. The van der Waals surface area contributed by atoms with Gasteiger partial charge in [0.1, 0.15) is 22.8 Å². The Morgan fingerprint density at radius 2 is 1.83 bits per heavy atom. The molecular formula is C26H26N2O7S. The van der Waals surface area contributed by atoms with Crippen LogP contribution in [0.3, 0.4) is 0 Å². The molecule has 1 aromatic heterocycles. The van der Waals surface area contributed by atoms with E-state index >= 15 is 0 Å². The van der Waals surface area contributed by atoms with Crippen molar-refractivity contribution in [3.8, 4) is 16.2 Å². The third-order valence-corrected chi connectivity index (χ3v) is 8.64. The van der Waals surface area contributed by atoms with Crippen LogP contribution in [0.15, 0.2) is 41.2 Å². The molecular weight excluding hydrogens is 484 g/mol. The second-order valence-electron chi connectivity index (χ2n) is 9.86. The lowest BCUT2D eigenvalue weighted by atomic mass is 9.57. The van der Waals surface area contributed by atoms with Crippen LogP contribution in [0.1, 0.15) is 22.4 Å². The van der Waals surface area contributed by atoms with Crippen molar-refractivity contribution in [1.29, 1.82) is 0 Å². The Morgan fingerprint density at radius 3 is 2.42 bits per heavy atom. The molecule has 5 rings (SSSR count). The minimum absolute atomic E-state index is 0.0598. The molecule has 6 N–H and O–H groups in total. The molecule has 36 heavy (non-hydrogen) atoms. The number of carbonyl (C=O) groups is 3. The van der Waals surface area contributed by atoms with Gasteiger partial charge in [-0.25, -0.2) is 0 Å². The van der Waals surface area contributed by atoms with E-state index in [-0.39, 0.29) is 29.7 Å². The number of Topliss-reactive ketones (excluding diaryl/α,β-unsaturated/α-hetero) is 2. The highest BCUT2D eigenvalue weighted by atomic mass is 32.1. The molecule has 0 saturated heterocycles. The van der Waals surface area contributed by atoms with Crippen LogP contribution in [0.4, 0.5) is 0 Å². The molecule has 0 unspecified atom stereocenters. The first-order chi connectivity index (χ1) is 16.9. The summed E-state index contributed by atoms with van der Waals surface area (Å²) < 4.78 is 0. The summed E-state index contributed by atoms with van der Waals surface area (Å²) in [4.78, 5) is 42.5. The van der Waals surface area contributed by atoms with Gasteiger partial charge in [-0.3, -0.25) is 19.3 Å². The zero-order valence-electron chi connectivity index (χ0n) is 19.9. The number of aromatic hydroxyl groups is 1. The lowest BCUT2D eigenvalue weighted by molar-refractivity contribution is -0.153. The summed E-state index contributed by atoms with van der Waals surface area (Å²) in [5.74, 6) is -6.55. The van der Waals surface area contributed by atoms with Gasteiger partial charge >= 0.3 is 0 Å². The maximum atomic E-state index is 13.8. The van der Waals surface area contributed by atoms with Gasteiger partial charge in [0.2, 0.25) is 5.78 Å². The van der Waals surface area contributed by atoms with Crippen molar-refractivity contribution < 1.29 is 34.8 Å². The third-order valence-electron chi connectivity index (χ3n) is 7.61. The third kappa shape index (κ3) is 3.11. The number of rotatable bonds is 3. The van der Waals surface area contributed by atoms with Crippen LogP contribution in [0, 0.1) is 18.8 Å². The number of ketones is 2. The summed E-state index contributed by atoms with van der Waals surface area (Å²) in [7, 11) is 3.14. The zero-order valence-corrected chi connectivity index (χ0v) is 20.7. The Morgan fingerprint density at radius 1 is 1.14 bits per heavy atom. The maximum Gasteiger partial charge on any atom is 0.255 e. The Kier molecular flexibility index (Phi) is 5.40. The average molecular weight is 511 g/mol. The standard InChI is InChI=1S/C26H26N2O7S/c1-10-4-7-16(36-10)12-5-6-15(29)18-13(12)8-11-9-14-20(28(2)3)22(31)19(25(27)34)24(33)26(14,35)23(32)17(11)21(18)30/h4-7,11,14,20,29-30,33,35H,8-9H2,1-3H3,(H2,27,34)/t11-,14-,20-,26-/m0/s1. The van der Waals surface area contributed by atoms with E-state index in [0.717, 1.165) is 15.3 Å². The van der Waals surface area contributed by atoms with Gasteiger partial charge in [-0.15, -0.1) is 11.3 Å². The molecule has 3 aliphatic rings. The molecule has 1 saturated carbocycles. The molecule has 10 heteroatoms. The number of fused-ring (bicyclic) bond motifs is 3. The Labute approximate surface area is 210 Å². The minimum atomic E-state index is -2.64. The number of nitrogens with zero attached hydrogens (tertiary/aromatic N) is 1. The van der Waals surface area contributed by atoms with Crippen LogP contribution in [0.25, 0.3) is 16.2 Å². The van der Waals surface area contributed by atoms with E-state index in [9.17, 15) is 34.8 Å². The zero-order chi connectivity index (χ0) is 26.3. The summed E-state index contributed by atoms with van der Waals surface area (Å²) in [6.07, 6.45) is 0.319. The number of primary amides is 1. The fourth-order valence-corrected chi connectivity index (χ4v) is 6.97. The van der Waals surface area contributed by atoms with Crippen molar-refractivity contribution in [1.82, 2.24) is 4.90 Å². The summed E-state index contributed by atoms with van der Waals surface area (Å²) in [5, 5.41) is 44.5. The van der Waals surface area contributed by atoms with Crippen LogP contribution in [0.5, 0.6) is 5.75 Å². The Hall–Kier alpha value is -3.47. The molecule has 2 aromatic rings. The number of likely N-dealkylation sites (N-methyl/N-ethyl adjacent to an activating group) is 1. The van der Waals surface area contributed by atoms with Crippen LogP contribution in [0.2, 0.25) is 0 Å². The molecule has 9 nitrogen and oxygen atoms in total. The van der Waals surface area contributed by atoms with Crippen LogP contribution >= 0.6 is 11.3 Å². The second-order valence-corrected chi connectivity index (χ2v) is 11.1. The monoisotopic (exact) mass is 510 g/mol. The van der Waals surface area contributed by atoms with Gasteiger partial charge in [0, 0.05) is 21.2 Å². The number of phenolic OH excluding ortho intramolecular Hbond substituents is 1. The van der Waals surface area contributed by atoms with E-state index in [1.807, 2.05) is 19.1 Å². The molecule has 188 valence electrons. The smallest absolute Gasteiger partial charge is 0.255 e. The van der Waals surface area contributed by atoms with Crippen molar-refractivity contribution in [3.05, 3.63) is 57.2 Å². The van der Waals surface area contributed by atoms with Crippen molar-refractivity contribution in [2.24, 2.45) is 17.6 Å². The van der Waals surface area contributed by atoms with Crippen LogP contribution in [-0.2, 0) is 20.8 Å². The predicted molar refractivity (Wildman–Crippen MR) is 132 cm³/mol. The number of aliphatic hydroxyl groups is 3. The number of aliphatic hydroxyl groups excluding tert-OH is 2. The first kappa shape index (κ1) is 24.2. The van der Waals surface area contributed by atoms with E-state index in [0.29, 0.717) is 5.56 Å². The van der Waals surface area contributed by atoms with Crippen molar-refractivity contribution in [2.45, 2.75) is 31.4 Å². The number of aryl methyl sites for hydroxylation is 1. The quantitative estimate of drug-likeness (QED) is 0.392. The van der Waals surface area contributed by atoms with Gasteiger partial charge in [-0.05, 0) is 75.2 Å². The summed E-state index contributed by atoms with van der Waals surface area (Å²) >= 11 is 1.56. The van der Waals surface area contributed by atoms with Gasteiger partial charge in [0.25, 0.3) is 5.91 Å². The van der Waals surface area contributed by atoms with Crippen molar-refractivity contribution in [2.75, 3.05) is 14.1 Å². The van der Waals surface area contributed by atoms with E-state index < -0.39 is 58.0 Å². The SMILES string of the molecule is Cc1ccc(-c2ccc(O)c3c2C[C@H]2C[C@H]4[C@H](N(C)C)C(=O)C(C(N)=O)=C(O)[C@@]4(O)C(=O)C2=C3O)s1. The lowest BCUT2D eigenvalue weighted by Gasteiger charge is -2.50. The highest BCUT2D eigenvalue weighted by molar-refractivity contribution is 7.15. The van der Waals surface area contributed by atoms with E-state index in [2.05, 4.69) is 0 Å². The molecule has 1 amide bonds. The van der Waals surface area contributed by atoms with Gasteiger partial charge in [-0.1, -0.05) is 0 Å². The van der Waals surface area contributed by atoms with Crippen LogP contribution < -0.4 is 5.73 Å². The number of hydrogen-bond acceptors (Lipinski definition) is 9. The second kappa shape index (κ2) is 8.02. The van der Waals surface area contributed by atoms with E-state index in [4.69, 9.17) is 5.73 Å². The van der Waals surface area contributed by atoms with Crippen molar-refractivity contribution in [3.63, 3.8) is 0 Å². The molecule has 0 bridgehead atoms. The molecule has 1 heterocycles. The molecule has 0 aliphatic heterocycles. The summed E-state index contributed by atoms with van der Waals surface area (Å²) in [6.45, 7) is 1.97. The number of hydrogen-bond donors (Lipinski definition) is 5. The van der Waals surface area contributed by atoms with Gasteiger partial charge in [0.15, 0.2) is 11.4 Å². The average Bonchev–Trinajstić information content (AvgIpc) is 3.22. The molecule has 4 atom stereocenters. The fourth-order valence-electron chi connectivity index (χ4n) is 6.05. The lowest BCUT2D eigenvalue weighted by Crippen LogP contribution is -2.65. The number of carbonyl (C=O) groups excluding carboxylic acids is 3. The molecule has 0 radical (unpaired) electrons. The molecule has 1 fully saturated rings. The van der Waals surface area contributed by atoms with Gasteiger partial charge < -0.3 is 26.2 Å².